The number of halogens is 1. The van der Waals surface area contributed by atoms with Crippen molar-refractivity contribution in [3.63, 3.8) is 0 Å². The Morgan fingerprint density at radius 3 is 2.41 bits per heavy atom. The molecule has 1 unspecified atom stereocenters. The van der Waals surface area contributed by atoms with Gasteiger partial charge in [0.05, 0.1) is 20.3 Å². The second-order valence-electron chi connectivity index (χ2n) is 4.79. The molecule has 1 amide bonds. The Morgan fingerprint density at radius 1 is 1.09 bits per heavy atom. The summed E-state index contributed by atoms with van der Waals surface area (Å²) in [6.07, 6.45) is 0. The topological polar surface area (TPSA) is 47.6 Å². The molecule has 0 spiro atoms. The molecule has 0 saturated heterocycles. The molecule has 4 nitrogen and oxygen atoms in total. The molecule has 0 saturated carbocycles. The smallest absolute Gasteiger partial charge is 0.251 e. The van der Waals surface area contributed by atoms with Gasteiger partial charge in [-0.1, -0.05) is 18.2 Å². The fourth-order valence-electron chi connectivity index (χ4n) is 2.19. The van der Waals surface area contributed by atoms with E-state index < -0.39 is 5.82 Å². The lowest BCUT2D eigenvalue weighted by molar-refractivity contribution is 0.0939. The minimum atomic E-state index is -0.569. The van der Waals surface area contributed by atoms with E-state index >= 15 is 0 Å². The van der Waals surface area contributed by atoms with Gasteiger partial charge < -0.3 is 14.8 Å². The lowest BCUT2D eigenvalue weighted by atomic mass is 10.1. The summed E-state index contributed by atoms with van der Waals surface area (Å²) < 4.78 is 23.8. The average molecular weight is 303 g/mol. The van der Waals surface area contributed by atoms with Crippen molar-refractivity contribution in [2.45, 2.75) is 13.0 Å². The van der Waals surface area contributed by atoms with E-state index in [1.165, 1.54) is 19.2 Å². The second kappa shape index (κ2) is 6.93. The van der Waals surface area contributed by atoms with E-state index in [0.29, 0.717) is 5.75 Å². The second-order valence-corrected chi connectivity index (χ2v) is 4.79. The quantitative estimate of drug-likeness (QED) is 0.921. The lowest BCUT2D eigenvalue weighted by Crippen LogP contribution is -2.27. The normalized spacial score (nSPS) is 11.6. The molecule has 5 heteroatoms. The van der Waals surface area contributed by atoms with Crippen LogP contribution in [0.5, 0.6) is 11.5 Å². The number of rotatable bonds is 5. The van der Waals surface area contributed by atoms with E-state index in [4.69, 9.17) is 9.47 Å². The first-order valence-corrected chi connectivity index (χ1v) is 6.84. The Labute approximate surface area is 128 Å². The molecule has 1 atom stereocenters. The summed E-state index contributed by atoms with van der Waals surface area (Å²) in [7, 11) is 2.95. The first-order valence-electron chi connectivity index (χ1n) is 6.84. The maximum absolute atomic E-state index is 13.7. The van der Waals surface area contributed by atoms with Crippen LogP contribution in [0.1, 0.15) is 28.9 Å². The highest BCUT2D eigenvalue weighted by Crippen LogP contribution is 2.25. The highest BCUT2D eigenvalue weighted by atomic mass is 19.1. The lowest BCUT2D eigenvalue weighted by Gasteiger charge is -2.17. The standard InChI is InChI=1S/C17H18FNO3/c1-11(13-6-4-5-7-15(13)21-2)19-17(20)12-8-9-16(22-3)14(18)10-12/h4-11H,1-3H3,(H,19,20). The number of carbonyl (C=O) groups excluding carboxylic acids is 1. The van der Waals surface area contributed by atoms with E-state index in [9.17, 15) is 9.18 Å². The van der Waals surface area contributed by atoms with E-state index in [2.05, 4.69) is 5.32 Å². The number of para-hydroxylation sites is 1. The SMILES string of the molecule is COc1ccc(C(=O)NC(C)c2ccccc2OC)cc1F. The maximum Gasteiger partial charge on any atom is 0.251 e. The maximum atomic E-state index is 13.7. The van der Waals surface area contributed by atoms with Gasteiger partial charge in [-0.25, -0.2) is 4.39 Å². The summed E-state index contributed by atoms with van der Waals surface area (Å²) in [6.45, 7) is 1.84. The first-order chi connectivity index (χ1) is 10.6. The Morgan fingerprint density at radius 2 is 1.77 bits per heavy atom. The molecular weight excluding hydrogens is 285 g/mol. The van der Waals surface area contributed by atoms with Gasteiger partial charge in [0.1, 0.15) is 5.75 Å². The van der Waals surface area contributed by atoms with Gasteiger partial charge in [0.25, 0.3) is 5.91 Å². The minimum Gasteiger partial charge on any atom is -0.496 e. The Kier molecular flexibility index (Phi) is 4.99. The van der Waals surface area contributed by atoms with Gasteiger partial charge in [0, 0.05) is 11.1 Å². The number of benzene rings is 2. The molecule has 116 valence electrons. The third kappa shape index (κ3) is 3.36. The van der Waals surface area contributed by atoms with Crippen molar-refractivity contribution >= 4 is 5.91 Å². The molecule has 0 aliphatic heterocycles. The summed E-state index contributed by atoms with van der Waals surface area (Å²) in [5.74, 6) is -0.134. The number of nitrogens with one attached hydrogen (secondary N) is 1. The highest BCUT2D eigenvalue weighted by molar-refractivity contribution is 5.94. The Hall–Kier alpha value is -2.56. The number of ether oxygens (including phenoxy) is 2. The molecule has 0 aromatic heterocycles. The predicted molar refractivity (Wildman–Crippen MR) is 81.8 cm³/mol. The zero-order chi connectivity index (χ0) is 16.1. The highest BCUT2D eigenvalue weighted by Gasteiger charge is 2.16. The molecular formula is C17H18FNO3. The van der Waals surface area contributed by atoms with Crippen LogP contribution in [-0.4, -0.2) is 20.1 Å². The zero-order valence-corrected chi connectivity index (χ0v) is 12.7. The molecule has 0 aliphatic carbocycles. The number of hydrogen-bond acceptors (Lipinski definition) is 3. The first kappa shape index (κ1) is 15.8. The molecule has 2 aromatic rings. The summed E-state index contributed by atoms with van der Waals surface area (Å²) >= 11 is 0. The summed E-state index contributed by atoms with van der Waals surface area (Å²) in [5.41, 5.74) is 1.09. The zero-order valence-electron chi connectivity index (χ0n) is 12.7. The third-order valence-electron chi connectivity index (χ3n) is 3.37. The van der Waals surface area contributed by atoms with Crippen LogP contribution in [0.3, 0.4) is 0 Å². The van der Waals surface area contributed by atoms with E-state index in [1.54, 1.807) is 7.11 Å². The monoisotopic (exact) mass is 303 g/mol. The molecule has 2 rings (SSSR count). The summed E-state index contributed by atoms with van der Waals surface area (Å²) in [4.78, 5) is 12.2. The van der Waals surface area contributed by atoms with Crippen LogP contribution >= 0.6 is 0 Å². The van der Waals surface area contributed by atoms with E-state index in [0.717, 1.165) is 11.6 Å². The Bertz CT molecular complexity index is 673. The van der Waals surface area contributed by atoms with Gasteiger partial charge in [-0.15, -0.1) is 0 Å². The number of carbonyl (C=O) groups is 1. The fourth-order valence-corrected chi connectivity index (χ4v) is 2.19. The van der Waals surface area contributed by atoms with Crippen LogP contribution in [-0.2, 0) is 0 Å². The molecule has 1 N–H and O–H groups in total. The molecule has 0 fully saturated rings. The molecule has 0 bridgehead atoms. The van der Waals surface area contributed by atoms with Crippen LogP contribution in [0, 0.1) is 5.82 Å². The van der Waals surface area contributed by atoms with E-state index in [1.807, 2.05) is 31.2 Å². The van der Waals surface area contributed by atoms with Gasteiger partial charge in [-0.05, 0) is 31.2 Å². The predicted octanol–water partition coefficient (Wildman–Crippen LogP) is 3.33. The molecule has 2 aromatic carbocycles. The molecule has 0 aliphatic rings. The van der Waals surface area contributed by atoms with Crippen molar-refractivity contribution in [2.24, 2.45) is 0 Å². The average Bonchev–Trinajstić information content (AvgIpc) is 2.54. The van der Waals surface area contributed by atoms with Gasteiger partial charge >= 0.3 is 0 Å². The van der Waals surface area contributed by atoms with Gasteiger partial charge in [-0.2, -0.15) is 0 Å². The van der Waals surface area contributed by atoms with Crippen LogP contribution in [0.4, 0.5) is 4.39 Å². The molecule has 0 heterocycles. The van der Waals surface area contributed by atoms with Crippen LogP contribution in [0.15, 0.2) is 42.5 Å². The minimum absolute atomic E-state index is 0.106. The fraction of sp³-hybridized carbons (Fsp3) is 0.235. The largest absolute Gasteiger partial charge is 0.496 e. The summed E-state index contributed by atoms with van der Waals surface area (Å²) in [6, 6.07) is 11.3. The number of hydrogen-bond donors (Lipinski definition) is 1. The van der Waals surface area contributed by atoms with Crippen molar-refractivity contribution < 1.29 is 18.7 Å². The van der Waals surface area contributed by atoms with Gasteiger partial charge in [0.2, 0.25) is 0 Å². The van der Waals surface area contributed by atoms with Crippen molar-refractivity contribution in [3.05, 3.63) is 59.4 Å². The summed E-state index contributed by atoms with van der Waals surface area (Å²) in [5, 5.41) is 2.83. The molecule has 0 radical (unpaired) electrons. The van der Waals surface area contributed by atoms with Crippen molar-refractivity contribution in [1.29, 1.82) is 0 Å². The van der Waals surface area contributed by atoms with Gasteiger partial charge in [-0.3, -0.25) is 4.79 Å². The number of methoxy groups -OCH3 is 2. The molecule has 22 heavy (non-hydrogen) atoms. The van der Waals surface area contributed by atoms with Crippen molar-refractivity contribution in [2.75, 3.05) is 14.2 Å². The van der Waals surface area contributed by atoms with Crippen LogP contribution in [0.25, 0.3) is 0 Å². The Balaban J connectivity index is 2.16. The van der Waals surface area contributed by atoms with Gasteiger partial charge in [0.15, 0.2) is 11.6 Å². The van der Waals surface area contributed by atoms with E-state index in [-0.39, 0.29) is 23.3 Å². The van der Waals surface area contributed by atoms with Crippen molar-refractivity contribution in [3.8, 4) is 11.5 Å². The third-order valence-corrected chi connectivity index (χ3v) is 3.37. The van der Waals surface area contributed by atoms with Crippen LogP contribution in [0.2, 0.25) is 0 Å². The number of amides is 1. The van der Waals surface area contributed by atoms with Crippen molar-refractivity contribution in [1.82, 2.24) is 5.32 Å². The van der Waals surface area contributed by atoms with Crippen LogP contribution < -0.4 is 14.8 Å².